The first kappa shape index (κ1) is 64.3. The lowest BCUT2D eigenvalue weighted by Crippen LogP contribution is -2.60. The van der Waals surface area contributed by atoms with Crippen LogP contribution in [0.3, 0.4) is 0 Å². The zero-order valence-corrected chi connectivity index (χ0v) is 43.6. The summed E-state index contributed by atoms with van der Waals surface area (Å²) < 4.78 is 11.1. The second-order valence-electron chi connectivity index (χ2n) is 20.0. The van der Waals surface area contributed by atoms with Gasteiger partial charge in [-0.15, -0.1) is 0 Å². The smallest absolute Gasteiger partial charge is 0.249 e. The van der Waals surface area contributed by atoms with E-state index >= 15 is 0 Å². The lowest BCUT2D eigenvalue weighted by atomic mass is 9.98. The molecule has 11 heteroatoms. The average molecular weight is 966 g/mol. The van der Waals surface area contributed by atoms with Gasteiger partial charge in [0, 0.05) is 0 Å². The van der Waals surface area contributed by atoms with Crippen molar-refractivity contribution in [2.45, 2.75) is 306 Å². The Labute approximate surface area is 416 Å². The average Bonchev–Trinajstić information content (AvgIpc) is 3.34. The van der Waals surface area contributed by atoms with Crippen molar-refractivity contribution in [1.82, 2.24) is 5.32 Å². The number of hydrogen-bond donors (Lipinski definition) is 8. The van der Waals surface area contributed by atoms with Crippen LogP contribution in [0.2, 0.25) is 0 Å². The molecule has 0 spiro atoms. The van der Waals surface area contributed by atoms with Crippen molar-refractivity contribution in [3.05, 3.63) is 36.5 Å². The SMILES string of the molecule is CCCCCCCCC/C=C/CC/C=C/CCCC(O)C(O)C(COC1OC(CO)C(O)C(O)C1O)NC(=O)C(O)CCCCCCCCCCC/C=C\CCCCCCCCCCCCCC. The van der Waals surface area contributed by atoms with Gasteiger partial charge in [-0.2, -0.15) is 0 Å². The van der Waals surface area contributed by atoms with Gasteiger partial charge in [-0.05, 0) is 77.0 Å². The van der Waals surface area contributed by atoms with E-state index in [1.807, 2.05) is 0 Å². The Morgan fingerprint density at radius 3 is 1.31 bits per heavy atom. The van der Waals surface area contributed by atoms with Crippen LogP contribution in [0.25, 0.3) is 0 Å². The normalized spacial score (nSPS) is 20.8. The van der Waals surface area contributed by atoms with Crippen LogP contribution in [0.5, 0.6) is 0 Å². The molecule has 9 atom stereocenters. The third-order valence-electron chi connectivity index (χ3n) is 13.6. The number of ether oxygens (including phenoxy) is 2. The fraction of sp³-hybridized carbons (Fsp3) is 0.877. The van der Waals surface area contributed by atoms with Crippen LogP contribution in [0.15, 0.2) is 36.5 Å². The molecular weight excluding hydrogens is 859 g/mol. The van der Waals surface area contributed by atoms with Gasteiger partial charge >= 0.3 is 0 Å². The molecule has 0 aromatic carbocycles. The number of aliphatic hydroxyl groups excluding tert-OH is 7. The molecule has 1 aliphatic rings. The topological polar surface area (TPSA) is 189 Å². The van der Waals surface area contributed by atoms with Gasteiger partial charge < -0.3 is 50.5 Å². The molecular formula is C57H107NO10. The van der Waals surface area contributed by atoms with E-state index in [2.05, 4.69) is 55.6 Å². The summed E-state index contributed by atoms with van der Waals surface area (Å²) in [5.41, 5.74) is 0. The Kier molecular flexibility index (Phi) is 43.9. The lowest BCUT2D eigenvalue weighted by molar-refractivity contribution is -0.303. The second kappa shape index (κ2) is 46.4. The fourth-order valence-electron chi connectivity index (χ4n) is 8.98. The quantitative estimate of drug-likeness (QED) is 0.0215. The number of carbonyl (C=O) groups excluding carboxylic acids is 1. The van der Waals surface area contributed by atoms with Gasteiger partial charge in [0.1, 0.15) is 36.6 Å². The van der Waals surface area contributed by atoms with Crippen LogP contribution in [0.1, 0.15) is 251 Å². The number of nitrogens with one attached hydrogen (secondary N) is 1. The van der Waals surface area contributed by atoms with E-state index in [9.17, 15) is 40.5 Å². The molecule has 68 heavy (non-hydrogen) atoms. The van der Waals surface area contributed by atoms with Crippen molar-refractivity contribution >= 4 is 5.91 Å². The van der Waals surface area contributed by atoms with Gasteiger partial charge in [0.25, 0.3) is 0 Å². The maximum atomic E-state index is 13.2. The number of allylic oxidation sites excluding steroid dienone is 6. The first-order chi connectivity index (χ1) is 33.2. The van der Waals surface area contributed by atoms with Crippen molar-refractivity contribution in [1.29, 1.82) is 0 Å². The molecule has 0 aromatic rings. The molecule has 1 aliphatic heterocycles. The van der Waals surface area contributed by atoms with Crippen molar-refractivity contribution < 1.29 is 50.0 Å². The molecule has 11 nitrogen and oxygen atoms in total. The zero-order chi connectivity index (χ0) is 49.7. The maximum Gasteiger partial charge on any atom is 0.249 e. The summed E-state index contributed by atoms with van der Waals surface area (Å²) in [4.78, 5) is 13.2. The first-order valence-electron chi connectivity index (χ1n) is 28.4. The van der Waals surface area contributed by atoms with Gasteiger partial charge in [-0.3, -0.25) is 4.79 Å². The van der Waals surface area contributed by atoms with Crippen molar-refractivity contribution in [3.8, 4) is 0 Å². The number of unbranched alkanes of at least 4 members (excludes halogenated alkanes) is 30. The molecule has 0 radical (unpaired) electrons. The maximum absolute atomic E-state index is 13.2. The zero-order valence-electron chi connectivity index (χ0n) is 43.6. The van der Waals surface area contributed by atoms with Gasteiger partial charge in [-0.25, -0.2) is 0 Å². The molecule has 0 aliphatic carbocycles. The summed E-state index contributed by atoms with van der Waals surface area (Å²) in [6.07, 6.45) is 44.9. The van der Waals surface area contributed by atoms with Crippen LogP contribution < -0.4 is 5.32 Å². The Bertz CT molecular complexity index is 1200. The molecule has 1 saturated heterocycles. The number of amides is 1. The van der Waals surface area contributed by atoms with E-state index < -0.39 is 74.2 Å². The van der Waals surface area contributed by atoms with E-state index in [0.717, 1.165) is 38.5 Å². The van der Waals surface area contributed by atoms with Gasteiger partial charge in [0.2, 0.25) is 5.91 Å². The molecule has 9 unspecified atom stereocenters. The fourth-order valence-corrected chi connectivity index (χ4v) is 8.98. The minimum Gasteiger partial charge on any atom is -0.394 e. The number of hydrogen-bond acceptors (Lipinski definition) is 10. The number of carbonyl (C=O) groups is 1. The van der Waals surface area contributed by atoms with Crippen LogP contribution in [-0.2, 0) is 14.3 Å². The van der Waals surface area contributed by atoms with E-state index in [-0.39, 0.29) is 12.8 Å². The van der Waals surface area contributed by atoms with Gasteiger partial charge in [0.15, 0.2) is 6.29 Å². The largest absolute Gasteiger partial charge is 0.394 e. The standard InChI is InChI=1S/C57H107NO10/c1-3-5-7-9-11-13-15-17-19-21-22-23-24-25-26-27-28-29-31-33-35-37-39-41-43-45-50(61)56(66)58-48(47-67-57-55(65)54(64)53(63)51(46-59)68-57)52(62)49(60)44-42-40-38-36-34-32-30-20-18-16-14-12-10-8-6-4-2/h20,25-26,30,36,38,48-55,57,59-65H,3-19,21-24,27-29,31-35,37,39-47H2,1-2H3,(H,58,66)/b26-25-,30-20+,38-36+. The Morgan fingerprint density at radius 2 is 0.882 bits per heavy atom. The minimum atomic E-state index is -1.67. The van der Waals surface area contributed by atoms with Crippen molar-refractivity contribution in [3.63, 3.8) is 0 Å². The molecule has 1 heterocycles. The molecule has 400 valence electrons. The molecule has 0 bridgehead atoms. The third kappa shape index (κ3) is 34.6. The highest BCUT2D eigenvalue weighted by Gasteiger charge is 2.44. The number of aliphatic hydroxyl groups is 7. The van der Waals surface area contributed by atoms with E-state index in [0.29, 0.717) is 19.3 Å². The van der Waals surface area contributed by atoms with E-state index in [4.69, 9.17) is 9.47 Å². The van der Waals surface area contributed by atoms with E-state index in [1.165, 1.54) is 167 Å². The van der Waals surface area contributed by atoms with Crippen LogP contribution in [-0.4, -0.2) is 110 Å². The van der Waals surface area contributed by atoms with Crippen LogP contribution in [0, 0.1) is 0 Å². The summed E-state index contributed by atoms with van der Waals surface area (Å²) in [6, 6.07) is -1.19. The molecule has 0 saturated carbocycles. The van der Waals surface area contributed by atoms with Crippen molar-refractivity contribution in [2.75, 3.05) is 13.2 Å². The van der Waals surface area contributed by atoms with Gasteiger partial charge in [0.05, 0.1) is 25.4 Å². The monoisotopic (exact) mass is 966 g/mol. The molecule has 1 fully saturated rings. The Hall–Kier alpha value is -1.67. The Morgan fingerprint density at radius 1 is 0.500 bits per heavy atom. The molecule has 1 rings (SSSR count). The highest BCUT2D eigenvalue weighted by atomic mass is 16.7. The van der Waals surface area contributed by atoms with Crippen molar-refractivity contribution in [2.24, 2.45) is 0 Å². The van der Waals surface area contributed by atoms with Crippen LogP contribution in [0.4, 0.5) is 0 Å². The lowest BCUT2D eigenvalue weighted by Gasteiger charge is -2.40. The van der Waals surface area contributed by atoms with Gasteiger partial charge in [-0.1, -0.05) is 211 Å². The summed E-state index contributed by atoms with van der Waals surface area (Å²) in [5, 5.41) is 76.0. The first-order valence-corrected chi connectivity index (χ1v) is 28.4. The predicted molar refractivity (Wildman–Crippen MR) is 279 cm³/mol. The minimum absolute atomic E-state index is 0.246. The predicted octanol–water partition coefficient (Wildman–Crippen LogP) is 11.5. The Balaban J connectivity index is 2.33. The second-order valence-corrected chi connectivity index (χ2v) is 20.0. The summed E-state index contributed by atoms with van der Waals surface area (Å²) in [7, 11) is 0. The summed E-state index contributed by atoms with van der Waals surface area (Å²) in [6.45, 7) is 3.44. The highest BCUT2D eigenvalue weighted by molar-refractivity contribution is 5.80. The molecule has 0 aromatic heterocycles. The molecule has 1 amide bonds. The van der Waals surface area contributed by atoms with Crippen LogP contribution >= 0.6 is 0 Å². The molecule has 8 N–H and O–H groups in total. The summed E-state index contributed by atoms with van der Waals surface area (Å²) in [5.74, 6) is -0.711. The highest BCUT2D eigenvalue weighted by Crippen LogP contribution is 2.23. The van der Waals surface area contributed by atoms with E-state index in [1.54, 1.807) is 0 Å². The summed E-state index contributed by atoms with van der Waals surface area (Å²) >= 11 is 0. The number of rotatable bonds is 48. The third-order valence-corrected chi connectivity index (χ3v) is 13.6.